The first-order valence-corrected chi connectivity index (χ1v) is 33.7. The Bertz CT molecular complexity index is 6440. The summed E-state index contributed by atoms with van der Waals surface area (Å²) in [4.78, 5) is 24.9. The van der Waals surface area contributed by atoms with Crippen LogP contribution in [0.5, 0.6) is 0 Å². The van der Waals surface area contributed by atoms with Crippen LogP contribution in [0.15, 0.2) is 358 Å². The number of hydrogen-bond donors (Lipinski definition) is 0. The Hall–Kier alpha value is -13.6. The van der Waals surface area contributed by atoms with Crippen molar-refractivity contribution in [2.24, 2.45) is 0 Å². The molecule has 100 heavy (non-hydrogen) atoms. The first kappa shape index (κ1) is 57.8. The Labute approximate surface area is 575 Å². The van der Waals surface area contributed by atoms with Gasteiger partial charge in [0, 0.05) is 77.4 Å². The third-order valence-corrected chi connectivity index (χ3v) is 19.4. The molecule has 20 rings (SSSR count). The van der Waals surface area contributed by atoms with Gasteiger partial charge in [0.05, 0.1) is 49.8 Å². The molecule has 0 radical (unpaired) electrons. The summed E-state index contributed by atoms with van der Waals surface area (Å²) in [5.41, 5.74) is 22.3. The zero-order valence-electron chi connectivity index (χ0n) is 54.1. The molecule has 468 valence electrons. The second-order valence-electron chi connectivity index (χ2n) is 25.2. The number of aromatic nitrogens is 9. The van der Waals surface area contributed by atoms with E-state index >= 15 is 0 Å². The number of hydrogen-bond acceptors (Lipinski definition) is 5. The van der Waals surface area contributed by atoms with Gasteiger partial charge in [-0.25, -0.2) is 15.0 Å². The average molecular weight is 1280 g/mol. The molecular formula is C91H59N9. The average Bonchev–Trinajstić information content (AvgIpc) is 1.60. The number of benzene rings is 14. The highest BCUT2D eigenvalue weighted by Gasteiger charge is 2.22. The van der Waals surface area contributed by atoms with E-state index in [-0.39, 0.29) is 0 Å². The second-order valence-corrected chi connectivity index (χ2v) is 25.2. The minimum Gasteiger partial charge on any atom is -0.309 e. The van der Waals surface area contributed by atoms with Gasteiger partial charge in [-0.05, 0) is 137 Å². The van der Waals surface area contributed by atoms with E-state index in [1.165, 1.54) is 82.3 Å². The molecule has 0 amide bonds. The van der Waals surface area contributed by atoms with Crippen molar-refractivity contribution >= 4 is 87.2 Å². The molecule has 0 bridgehead atoms. The first-order valence-electron chi connectivity index (χ1n) is 33.7. The number of nitrogens with zero attached hydrogens (tertiary/aromatic N) is 9. The van der Waals surface area contributed by atoms with Crippen LogP contribution in [0.3, 0.4) is 0 Å². The van der Waals surface area contributed by atoms with E-state index in [0.29, 0.717) is 23.5 Å². The molecule has 9 nitrogen and oxygen atoms in total. The Kier molecular flexibility index (Phi) is 14.0. The standard InChI is InChI=1S/C51H33N5.C40H26N4/c1-4-14-34(15-5-1)35-24-28-40(29-25-35)55-45-22-12-10-20-41(45)43-32-38(26-30-47(43)55)39-27-31-48-44(33-39)42-21-11-13-23-46(42)56(48)51-53-49(36-16-6-2-7-17-36)52-50(54-51)37-18-8-3-9-19-37;1-3-11-27(12-4-1)35-23-24-41-40(42-35)44-37-18-10-8-16-32(37)34-26-29(20-22-39(34)44)28-19-21-38-33(25-28)31-15-7-9-17-36(31)43(38)30-13-5-2-6-14-30/h1-33H;1-26H. The van der Waals surface area contributed by atoms with Crippen molar-refractivity contribution in [3.05, 3.63) is 358 Å². The fourth-order valence-corrected chi connectivity index (χ4v) is 14.7. The normalized spacial score (nSPS) is 11.6. The summed E-state index contributed by atoms with van der Waals surface area (Å²) in [7, 11) is 0. The van der Waals surface area contributed by atoms with E-state index < -0.39 is 0 Å². The van der Waals surface area contributed by atoms with Gasteiger partial charge in [-0.2, -0.15) is 9.97 Å². The van der Waals surface area contributed by atoms with Crippen LogP contribution in [0.2, 0.25) is 0 Å². The minimum absolute atomic E-state index is 0.586. The molecule has 0 aliphatic carbocycles. The molecule has 9 heteroatoms. The van der Waals surface area contributed by atoms with Crippen LogP contribution >= 0.6 is 0 Å². The second kappa shape index (κ2) is 24.2. The van der Waals surface area contributed by atoms with Crippen LogP contribution in [-0.4, -0.2) is 43.2 Å². The summed E-state index contributed by atoms with van der Waals surface area (Å²) in [6, 6.07) is 124. The van der Waals surface area contributed by atoms with Crippen LogP contribution in [0, 0.1) is 0 Å². The Balaban J connectivity index is 0.000000143. The van der Waals surface area contributed by atoms with Gasteiger partial charge in [0.25, 0.3) is 0 Å². The van der Waals surface area contributed by atoms with Gasteiger partial charge in [-0.1, -0.05) is 249 Å². The molecule has 0 aliphatic rings. The molecular weight excluding hydrogens is 1220 g/mol. The van der Waals surface area contributed by atoms with Gasteiger partial charge in [0.15, 0.2) is 11.6 Å². The molecule has 0 aliphatic heterocycles. The largest absolute Gasteiger partial charge is 0.309 e. The Morgan fingerprint density at radius 1 is 0.180 bits per heavy atom. The third kappa shape index (κ3) is 9.98. The van der Waals surface area contributed by atoms with Crippen LogP contribution < -0.4 is 0 Å². The van der Waals surface area contributed by atoms with Gasteiger partial charge in [0.1, 0.15) is 0 Å². The van der Waals surface area contributed by atoms with E-state index in [1.54, 1.807) is 0 Å². The molecule has 0 saturated carbocycles. The first-order chi connectivity index (χ1) is 49.6. The summed E-state index contributed by atoms with van der Waals surface area (Å²) in [5, 5.41) is 9.59. The maximum absolute atomic E-state index is 5.10. The van der Waals surface area contributed by atoms with Crippen molar-refractivity contribution < 1.29 is 0 Å². The lowest BCUT2D eigenvalue weighted by Gasteiger charge is -2.11. The van der Waals surface area contributed by atoms with Crippen LogP contribution in [0.4, 0.5) is 0 Å². The maximum atomic E-state index is 5.10. The fourth-order valence-electron chi connectivity index (χ4n) is 14.7. The molecule has 0 atom stereocenters. The smallest absolute Gasteiger partial charge is 0.238 e. The SMILES string of the molecule is c1ccc(-c2ccc(-n3c4ccccc4c4cc(-c5ccc6c(c5)c5ccccc5n6-c5nc(-c6ccccc6)nc(-c6ccccc6)n5)ccc43)cc2)cc1.c1ccc(-c2ccnc(-n3c4ccccc4c4cc(-c5ccc6c(c5)c5ccccc5n6-c5ccccc5)ccc43)n2)cc1. The number of para-hydroxylation sites is 5. The van der Waals surface area contributed by atoms with Crippen LogP contribution in [0.25, 0.3) is 178 Å². The number of fused-ring (bicyclic) bond motifs is 12. The maximum Gasteiger partial charge on any atom is 0.238 e. The summed E-state index contributed by atoms with van der Waals surface area (Å²) in [5.74, 6) is 2.52. The van der Waals surface area contributed by atoms with Gasteiger partial charge in [0.2, 0.25) is 11.9 Å². The van der Waals surface area contributed by atoms with Crippen molar-refractivity contribution in [2.45, 2.75) is 0 Å². The molecule has 6 heterocycles. The van der Waals surface area contributed by atoms with E-state index in [0.717, 1.165) is 72.0 Å². The summed E-state index contributed by atoms with van der Waals surface area (Å²) >= 11 is 0. The lowest BCUT2D eigenvalue weighted by Crippen LogP contribution is -2.06. The summed E-state index contributed by atoms with van der Waals surface area (Å²) < 4.78 is 9.09. The highest BCUT2D eigenvalue weighted by Crippen LogP contribution is 2.42. The van der Waals surface area contributed by atoms with Crippen molar-refractivity contribution in [2.75, 3.05) is 0 Å². The topological polar surface area (TPSA) is 84.2 Å². The zero-order chi connectivity index (χ0) is 66.0. The molecule has 0 spiro atoms. The number of rotatable bonds is 10. The molecule has 14 aromatic carbocycles. The van der Waals surface area contributed by atoms with Gasteiger partial charge in [-0.3, -0.25) is 9.13 Å². The van der Waals surface area contributed by atoms with Gasteiger partial charge < -0.3 is 9.13 Å². The lowest BCUT2D eigenvalue weighted by atomic mass is 10.0. The molecule has 0 N–H and O–H groups in total. The highest BCUT2D eigenvalue weighted by molar-refractivity contribution is 6.15. The quantitative estimate of drug-likeness (QED) is 0.136. The van der Waals surface area contributed by atoms with Gasteiger partial charge >= 0.3 is 0 Å². The summed E-state index contributed by atoms with van der Waals surface area (Å²) in [6.07, 6.45) is 1.85. The minimum atomic E-state index is 0.586. The van der Waals surface area contributed by atoms with Crippen molar-refractivity contribution in [1.29, 1.82) is 0 Å². The Morgan fingerprint density at radius 2 is 0.480 bits per heavy atom. The van der Waals surface area contributed by atoms with E-state index in [1.807, 2.05) is 91.1 Å². The van der Waals surface area contributed by atoms with Crippen molar-refractivity contribution in [3.63, 3.8) is 0 Å². The van der Waals surface area contributed by atoms with Crippen LogP contribution in [-0.2, 0) is 0 Å². The Morgan fingerprint density at radius 3 is 0.900 bits per heavy atom. The fraction of sp³-hybridized carbons (Fsp3) is 0. The van der Waals surface area contributed by atoms with E-state index in [9.17, 15) is 0 Å². The molecule has 6 aromatic heterocycles. The molecule has 0 fully saturated rings. The van der Waals surface area contributed by atoms with Crippen molar-refractivity contribution in [1.82, 2.24) is 43.2 Å². The van der Waals surface area contributed by atoms with E-state index in [4.69, 9.17) is 24.9 Å². The highest BCUT2D eigenvalue weighted by atomic mass is 15.2. The predicted molar refractivity (Wildman–Crippen MR) is 412 cm³/mol. The molecule has 0 unspecified atom stereocenters. The third-order valence-electron chi connectivity index (χ3n) is 19.4. The molecule has 20 aromatic rings. The zero-order valence-corrected chi connectivity index (χ0v) is 54.1. The van der Waals surface area contributed by atoms with Gasteiger partial charge in [-0.15, -0.1) is 0 Å². The lowest BCUT2D eigenvalue weighted by molar-refractivity contribution is 0.953. The molecule has 0 saturated heterocycles. The van der Waals surface area contributed by atoms with Crippen molar-refractivity contribution in [3.8, 4) is 90.7 Å². The monoisotopic (exact) mass is 1280 g/mol. The van der Waals surface area contributed by atoms with Crippen LogP contribution in [0.1, 0.15) is 0 Å². The van der Waals surface area contributed by atoms with E-state index in [2.05, 4.69) is 285 Å². The predicted octanol–water partition coefficient (Wildman–Crippen LogP) is 22.7. The summed E-state index contributed by atoms with van der Waals surface area (Å²) in [6.45, 7) is 0.